The monoisotopic (exact) mass is 363 g/mol. The first-order valence-corrected chi connectivity index (χ1v) is 12.8. The molecule has 0 radical (unpaired) electrons. The number of nitrogens with one attached hydrogen (secondary N) is 1. The lowest BCUT2D eigenvalue weighted by Gasteiger charge is -2.37. The van der Waals surface area contributed by atoms with Gasteiger partial charge in [0.15, 0.2) is 0 Å². The van der Waals surface area contributed by atoms with Crippen molar-refractivity contribution in [1.82, 2.24) is 4.98 Å². The molecule has 2 aromatic carbocycles. The highest BCUT2D eigenvalue weighted by Crippen LogP contribution is 2.48. The minimum Gasteiger partial charge on any atom is -0.332 e. The molecule has 1 atom stereocenters. The minimum absolute atomic E-state index is 0.00166. The van der Waals surface area contributed by atoms with Crippen molar-refractivity contribution in [2.75, 3.05) is 0 Å². The number of hydrogen-bond donors (Lipinski definition) is 1. The van der Waals surface area contributed by atoms with Crippen molar-refractivity contribution in [3.8, 4) is 0 Å². The van der Waals surface area contributed by atoms with Crippen LogP contribution in [0.2, 0.25) is 13.1 Å². The van der Waals surface area contributed by atoms with Gasteiger partial charge in [-0.25, -0.2) is 0 Å². The van der Waals surface area contributed by atoms with E-state index in [1.54, 1.807) is 0 Å². The number of fused-ring (bicyclic) bond motifs is 1. The third-order valence-corrected chi connectivity index (χ3v) is 8.99. The molecular weight excluding hydrogens is 330 g/mol. The predicted molar refractivity (Wildman–Crippen MR) is 117 cm³/mol. The standard InChI is InChI=1S/C24H33NSi/c1-23(2,3)25-26(6,7)22-17-21(19-15-11-12-16-20(19)22)24(4,5)18-13-9-8-10-14-18/h8-17,22,25H,1-7H3. The Hall–Kier alpha value is -1.64. The van der Waals surface area contributed by atoms with Gasteiger partial charge in [0.05, 0.1) is 0 Å². The Balaban J connectivity index is 2.09. The van der Waals surface area contributed by atoms with E-state index in [2.05, 4.69) is 113 Å². The Morgan fingerprint density at radius 1 is 0.808 bits per heavy atom. The highest BCUT2D eigenvalue weighted by atomic mass is 28.3. The summed E-state index contributed by atoms with van der Waals surface area (Å²) in [5.74, 6) is 0. The van der Waals surface area contributed by atoms with Crippen LogP contribution in [0.15, 0.2) is 60.7 Å². The average molecular weight is 364 g/mol. The third-order valence-electron chi connectivity index (χ3n) is 5.56. The van der Waals surface area contributed by atoms with Crippen LogP contribution >= 0.6 is 0 Å². The van der Waals surface area contributed by atoms with Gasteiger partial charge < -0.3 is 4.98 Å². The first-order valence-electron chi connectivity index (χ1n) is 9.69. The molecule has 0 aromatic heterocycles. The molecule has 2 aromatic rings. The molecule has 26 heavy (non-hydrogen) atoms. The Labute approximate surface area is 160 Å². The fourth-order valence-corrected chi connectivity index (χ4v) is 8.26. The smallest absolute Gasteiger partial charge is 0.131 e. The molecule has 0 fully saturated rings. The van der Waals surface area contributed by atoms with E-state index in [1.165, 1.54) is 22.3 Å². The maximum Gasteiger partial charge on any atom is 0.131 e. The molecule has 0 spiro atoms. The van der Waals surface area contributed by atoms with E-state index >= 15 is 0 Å². The number of rotatable bonds is 4. The van der Waals surface area contributed by atoms with Crippen molar-refractivity contribution in [3.05, 3.63) is 77.4 Å². The van der Waals surface area contributed by atoms with Crippen LogP contribution in [0.4, 0.5) is 0 Å². The van der Waals surface area contributed by atoms with E-state index in [-0.39, 0.29) is 11.0 Å². The summed E-state index contributed by atoms with van der Waals surface area (Å²) in [5.41, 5.74) is 6.41. The van der Waals surface area contributed by atoms with Crippen LogP contribution in [0.25, 0.3) is 5.57 Å². The fraction of sp³-hybridized carbons (Fsp3) is 0.417. The summed E-state index contributed by atoms with van der Waals surface area (Å²) >= 11 is 0. The predicted octanol–water partition coefficient (Wildman–Crippen LogP) is 6.28. The van der Waals surface area contributed by atoms with Crippen LogP contribution in [0.3, 0.4) is 0 Å². The summed E-state index contributed by atoms with van der Waals surface area (Å²) in [5, 5.41) is 0. The summed E-state index contributed by atoms with van der Waals surface area (Å²) in [6.45, 7) is 16.5. The molecule has 2 heteroatoms. The molecule has 0 amide bonds. The molecule has 0 aliphatic heterocycles. The van der Waals surface area contributed by atoms with Gasteiger partial charge in [0.25, 0.3) is 0 Å². The topological polar surface area (TPSA) is 12.0 Å². The number of allylic oxidation sites excluding steroid dienone is 2. The van der Waals surface area contributed by atoms with Gasteiger partial charge in [-0.3, -0.25) is 0 Å². The molecule has 0 bridgehead atoms. The van der Waals surface area contributed by atoms with Gasteiger partial charge in [0.1, 0.15) is 8.24 Å². The molecule has 0 heterocycles. The largest absolute Gasteiger partial charge is 0.332 e. The average Bonchev–Trinajstić information content (AvgIpc) is 2.95. The highest BCUT2D eigenvalue weighted by Gasteiger charge is 2.42. The highest BCUT2D eigenvalue weighted by molar-refractivity contribution is 6.77. The lowest BCUT2D eigenvalue weighted by Crippen LogP contribution is -2.57. The molecule has 1 aliphatic carbocycles. The van der Waals surface area contributed by atoms with Gasteiger partial charge in [-0.1, -0.05) is 87.6 Å². The summed E-state index contributed by atoms with van der Waals surface area (Å²) in [4.78, 5) is 3.98. The second-order valence-corrected chi connectivity index (χ2v) is 14.0. The number of benzene rings is 2. The normalized spacial score (nSPS) is 17.8. The third kappa shape index (κ3) is 3.58. The first-order chi connectivity index (χ1) is 12.0. The van der Waals surface area contributed by atoms with Gasteiger partial charge >= 0.3 is 0 Å². The Morgan fingerprint density at radius 3 is 2.00 bits per heavy atom. The van der Waals surface area contributed by atoms with Crippen molar-refractivity contribution in [2.24, 2.45) is 0 Å². The molecule has 3 rings (SSSR count). The molecule has 1 aliphatic rings. The molecule has 1 nitrogen and oxygen atoms in total. The van der Waals surface area contributed by atoms with E-state index < -0.39 is 8.24 Å². The van der Waals surface area contributed by atoms with E-state index in [4.69, 9.17) is 0 Å². The minimum atomic E-state index is -1.70. The Kier molecular flexibility index (Phi) is 4.79. The summed E-state index contributed by atoms with van der Waals surface area (Å²) in [7, 11) is -1.70. The van der Waals surface area contributed by atoms with Crippen LogP contribution in [0, 0.1) is 0 Å². The maximum atomic E-state index is 3.98. The van der Waals surface area contributed by atoms with Crippen molar-refractivity contribution >= 4 is 13.8 Å². The van der Waals surface area contributed by atoms with Crippen molar-refractivity contribution < 1.29 is 0 Å². The lowest BCUT2D eigenvalue weighted by molar-refractivity contribution is 0.509. The number of hydrogen-bond acceptors (Lipinski definition) is 1. The zero-order valence-electron chi connectivity index (χ0n) is 17.4. The van der Waals surface area contributed by atoms with E-state index in [9.17, 15) is 0 Å². The molecule has 0 saturated heterocycles. The zero-order chi connectivity index (χ0) is 19.2. The van der Waals surface area contributed by atoms with Crippen LogP contribution < -0.4 is 4.98 Å². The molecule has 138 valence electrons. The maximum absolute atomic E-state index is 3.98. The SMILES string of the molecule is CC(C)(C)N[Si](C)(C)C1C=C(C(C)(C)c2ccccc2)c2ccccc21. The quantitative estimate of drug-likeness (QED) is 0.631. The van der Waals surface area contributed by atoms with Crippen LogP contribution in [-0.2, 0) is 5.41 Å². The summed E-state index contributed by atoms with van der Waals surface area (Å²) < 4.78 is 0. The van der Waals surface area contributed by atoms with Gasteiger partial charge in [-0.05, 0) is 43.0 Å². The lowest BCUT2D eigenvalue weighted by atomic mass is 9.76. The van der Waals surface area contributed by atoms with Gasteiger partial charge in [-0.15, -0.1) is 0 Å². The summed E-state index contributed by atoms with van der Waals surface area (Å²) in [6.07, 6.45) is 2.57. The second kappa shape index (κ2) is 6.51. The summed E-state index contributed by atoms with van der Waals surface area (Å²) in [6, 6.07) is 19.9. The molecule has 1 unspecified atom stereocenters. The van der Waals surface area contributed by atoms with Crippen molar-refractivity contribution in [1.29, 1.82) is 0 Å². The molecule has 0 saturated carbocycles. The molecule has 1 N–H and O–H groups in total. The molecular formula is C24H33NSi. The van der Waals surface area contributed by atoms with Crippen LogP contribution in [0.5, 0.6) is 0 Å². The van der Waals surface area contributed by atoms with Crippen molar-refractivity contribution in [3.63, 3.8) is 0 Å². The van der Waals surface area contributed by atoms with E-state index in [1.807, 2.05) is 0 Å². The van der Waals surface area contributed by atoms with Crippen molar-refractivity contribution in [2.45, 2.75) is 64.2 Å². The van der Waals surface area contributed by atoms with Gasteiger partial charge in [0, 0.05) is 16.5 Å². The van der Waals surface area contributed by atoms with Gasteiger partial charge in [-0.2, -0.15) is 0 Å². The Bertz CT molecular complexity index is 810. The first kappa shape index (κ1) is 19.1. The zero-order valence-corrected chi connectivity index (χ0v) is 18.4. The van der Waals surface area contributed by atoms with E-state index in [0.717, 1.165) is 0 Å². The van der Waals surface area contributed by atoms with E-state index in [0.29, 0.717) is 5.54 Å². The van der Waals surface area contributed by atoms with Crippen LogP contribution in [0.1, 0.15) is 56.9 Å². The van der Waals surface area contributed by atoms with Gasteiger partial charge in [0.2, 0.25) is 0 Å². The fourth-order valence-electron chi connectivity index (χ4n) is 4.56. The Morgan fingerprint density at radius 2 is 1.38 bits per heavy atom. The van der Waals surface area contributed by atoms with Crippen LogP contribution in [-0.4, -0.2) is 13.8 Å². The second-order valence-electron chi connectivity index (χ2n) is 9.73.